The van der Waals surface area contributed by atoms with Crippen molar-refractivity contribution in [3.8, 4) is 0 Å². The third-order valence-electron chi connectivity index (χ3n) is 4.23. The Bertz CT molecular complexity index is 960. The van der Waals surface area contributed by atoms with Crippen molar-refractivity contribution >= 4 is 22.3 Å². The van der Waals surface area contributed by atoms with E-state index in [4.69, 9.17) is 4.99 Å². The Morgan fingerprint density at radius 3 is 2.79 bits per heavy atom. The molecule has 0 saturated carbocycles. The molecule has 0 unspecified atom stereocenters. The fourth-order valence-corrected chi connectivity index (χ4v) is 3.04. The minimum Gasteiger partial charge on any atom is -0.375 e. The van der Waals surface area contributed by atoms with E-state index >= 15 is 0 Å². The fraction of sp³-hybridized carbons (Fsp3) is 0.200. The topological polar surface area (TPSA) is 37.3 Å². The van der Waals surface area contributed by atoms with Gasteiger partial charge in [-0.15, -0.1) is 0 Å². The Kier molecular flexibility index (Phi) is 3.34. The number of para-hydroxylation sites is 2. The van der Waals surface area contributed by atoms with Crippen molar-refractivity contribution in [2.24, 2.45) is 4.99 Å². The van der Waals surface area contributed by atoms with E-state index in [1.54, 1.807) is 6.07 Å². The number of halogens is 1. The van der Waals surface area contributed by atoms with Gasteiger partial charge in [-0.1, -0.05) is 30.3 Å². The summed E-state index contributed by atoms with van der Waals surface area (Å²) in [5.41, 5.74) is 3.59. The fourth-order valence-electron chi connectivity index (χ4n) is 3.04. The smallest absolute Gasteiger partial charge is 0.146 e. The molecule has 4 heteroatoms. The van der Waals surface area contributed by atoms with Gasteiger partial charge in [0.1, 0.15) is 5.82 Å². The molecule has 1 aliphatic rings. The lowest BCUT2D eigenvalue weighted by atomic mass is 10.00. The molecule has 1 aliphatic heterocycles. The number of benzene rings is 2. The van der Waals surface area contributed by atoms with Crippen LogP contribution >= 0.6 is 0 Å². The molecule has 0 saturated heterocycles. The summed E-state index contributed by atoms with van der Waals surface area (Å²) < 4.78 is 14.4. The third kappa shape index (κ3) is 2.54. The molecule has 0 aliphatic carbocycles. The Balaban J connectivity index is 1.93. The maximum Gasteiger partial charge on any atom is 0.146 e. The van der Waals surface area contributed by atoms with Crippen molar-refractivity contribution in [3.05, 3.63) is 71.7 Å². The standard InChI is InChI=1S/C20H18FN3/c1-20(2)12-23-18(15-7-5-8-16(21)19(15)24-20)14-10-13-6-3-4-9-17(13)22-11-14/h3-11,24H,12H2,1-2H3. The van der Waals surface area contributed by atoms with Gasteiger partial charge in [0.15, 0.2) is 0 Å². The van der Waals surface area contributed by atoms with Crippen LogP contribution in [-0.4, -0.2) is 22.8 Å². The van der Waals surface area contributed by atoms with Gasteiger partial charge in [0, 0.05) is 22.7 Å². The highest BCUT2D eigenvalue weighted by Crippen LogP contribution is 2.30. The second-order valence-electron chi connectivity index (χ2n) is 6.75. The van der Waals surface area contributed by atoms with Crippen LogP contribution in [-0.2, 0) is 0 Å². The molecular weight excluding hydrogens is 301 g/mol. The molecule has 0 bridgehead atoms. The van der Waals surface area contributed by atoms with Crippen LogP contribution in [0.5, 0.6) is 0 Å². The first kappa shape index (κ1) is 14.8. The van der Waals surface area contributed by atoms with Gasteiger partial charge < -0.3 is 5.32 Å². The van der Waals surface area contributed by atoms with Gasteiger partial charge in [-0.3, -0.25) is 9.98 Å². The molecule has 0 radical (unpaired) electrons. The number of benzodiazepines with no additional fused rings is 1. The van der Waals surface area contributed by atoms with Crippen molar-refractivity contribution < 1.29 is 4.39 Å². The second-order valence-corrected chi connectivity index (χ2v) is 6.75. The summed E-state index contributed by atoms with van der Waals surface area (Å²) in [6.45, 7) is 4.60. The number of hydrogen-bond acceptors (Lipinski definition) is 3. The summed E-state index contributed by atoms with van der Waals surface area (Å²) >= 11 is 0. The van der Waals surface area contributed by atoms with Crippen LogP contribution in [0.4, 0.5) is 10.1 Å². The summed E-state index contributed by atoms with van der Waals surface area (Å²) in [6, 6.07) is 15.1. The Morgan fingerprint density at radius 1 is 1.08 bits per heavy atom. The number of anilines is 1. The normalized spacial score (nSPS) is 16.0. The van der Waals surface area contributed by atoms with Crippen LogP contribution < -0.4 is 5.32 Å². The first-order chi connectivity index (χ1) is 11.5. The van der Waals surface area contributed by atoms with Crippen LogP contribution in [0, 0.1) is 5.82 Å². The lowest BCUT2D eigenvalue weighted by Gasteiger charge is -2.24. The number of nitrogens with zero attached hydrogens (tertiary/aromatic N) is 2. The lowest BCUT2D eigenvalue weighted by molar-refractivity contribution is 0.570. The molecule has 3 nitrogen and oxygen atoms in total. The monoisotopic (exact) mass is 319 g/mol. The summed E-state index contributed by atoms with van der Waals surface area (Å²) in [4.78, 5) is 9.31. The summed E-state index contributed by atoms with van der Waals surface area (Å²) in [6.07, 6.45) is 1.81. The zero-order chi connectivity index (χ0) is 16.7. The molecule has 4 rings (SSSR count). The molecule has 0 fully saturated rings. The van der Waals surface area contributed by atoms with Gasteiger partial charge in [0.05, 0.1) is 29.0 Å². The zero-order valence-corrected chi connectivity index (χ0v) is 13.7. The first-order valence-corrected chi connectivity index (χ1v) is 8.00. The van der Waals surface area contributed by atoms with Crippen molar-refractivity contribution in [2.75, 3.05) is 11.9 Å². The molecule has 0 atom stereocenters. The van der Waals surface area contributed by atoms with Crippen LogP contribution in [0.25, 0.3) is 10.9 Å². The van der Waals surface area contributed by atoms with Crippen LogP contribution in [0.2, 0.25) is 0 Å². The van der Waals surface area contributed by atoms with E-state index < -0.39 is 0 Å². The number of hydrogen-bond donors (Lipinski definition) is 1. The minimum absolute atomic E-state index is 0.260. The second kappa shape index (κ2) is 5.41. The van der Waals surface area contributed by atoms with Crippen LogP contribution in [0.3, 0.4) is 0 Å². The van der Waals surface area contributed by atoms with E-state index in [1.807, 2.05) is 50.4 Å². The minimum atomic E-state index is -0.316. The predicted octanol–water partition coefficient (Wildman–Crippen LogP) is 4.42. The van der Waals surface area contributed by atoms with Crippen molar-refractivity contribution in [3.63, 3.8) is 0 Å². The Hall–Kier alpha value is -2.75. The van der Waals surface area contributed by atoms with Gasteiger partial charge in [-0.2, -0.15) is 0 Å². The Morgan fingerprint density at radius 2 is 1.92 bits per heavy atom. The Labute approximate surface area is 140 Å². The predicted molar refractivity (Wildman–Crippen MR) is 96.4 cm³/mol. The summed E-state index contributed by atoms with van der Waals surface area (Å²) in [5.74, 6) is -0.260. The molecule has 1 N–H and O–H groups in total. The van der Waals surface area contributed by atoms with Gasteiger partial charge in [0.2, 0.25) is 0 Å². The molecule has 120 valence electrons. The molecule has 0 spiro atoms. The maximum absolute atomic E-state index is 14.4. The molecule has 24 heavy (non-hydrogen) atoms. The SMILES string of the molecule is CC1(C)CN=C(c2cnc3ccccc3c2)c2cccc(F)c2N1. The van der Waals surface area contributed by atoms with E-state index in [9.17, 15) is 4.39 Å². The van der Waals surface area contributed by atoms with Gasteiger partial charge >= 0.3 is 0 Å². The summed E-state index contributed by atoms with van der Waals surface area (Å²) in [5, 5.41) is 4.34. The van der Waals surface area contributed by atoms with Gasteiger partial charge in [0.25, 0.3) is 0 Å². The van der Waals surface area contributed by atoms with E-state index in [1.165, 1.54) is 6.07 Å². The van der Waals surface area contributed by atoms with Gasteiger partial charge in [-0.25, -0.2) is 4.39 Å². The molecule has 3 aromatic rings. The maximum atomic E-state index is 14.4. The number of aromatic nitrogens is 1. The summed E-state index contributed by atoms with van der Waals surface area (Å²) in [7, 11) is 0. The molecule has 1 aromatic heterocycles. The molecule has 2 heterocycles. The van der Waals surface area contributed by atoms with Crippen molar-refractivity contribution in [1.82, 2.24) is 4.98 Å². The molecular formula is C20H18FN3. The lowest BCUT2D eigenvalue weighted by Crippen LogP contribution is -2.34. The van der Waals surface area contributed by atoms with Gasteiger partial charge in [-0.05, 0) is 32.0 Å². The first-order valence-electron chi connectivity index (χ1n) is 8.00. The average molecular weight is 319 g/mol. The van der Waals surface area contributed by atoms with E-state index in [2.05, 4.69) is 16.4 Å². The highest BCUT2D eigenvalue weighted by atomic mass is 19.1. The highest BCUT2D eigenvalue weighted by Gasteiger charge is 2.26. The van der Waals surface area contributed by atoms with Crippen molar-refractivity contribution in [1.29, 1.82) is 0 Å². The van der Waals surface area contributed by atoms with E-state index in [-0.39, 0.29) is 11.4 Å². The largest absolute Gasteiger partial charge is 0.375 e. The number of nitrogens with one attached hydrogen (secondary N) is 1. The zero-order valence-electron chi connectivity index (χ0n) is 13.7. The van der Waals surface area contributed by atoms with E-state index in [0.717, 1.165) is 27.7 Å². The molecule has 0 amide bonds. The van der Waals surface area contributed by atoms with Crippen LogP contribution in [0.15, 0.2) is 59.7 Å². The van der Waals surface area contributed by atoms with Crippen LogP contribution in [0.1, 0.15) is 25.0 Å². The average Bonchev–Trinajstić information content (AvgIpc) is 2.71. The number of aliphatic imine (C=N–C) groups is 1. The number of pyridine rings is 1. The van der Waals surface area contributed by atoms with E-state index in [0.29, 0.717) is 12.2 Å². The quantitative estimate of drug-likeness (QED) is 0.721. The molecule has 2 aromatic carbocycles. The number of rotatable bonds is 1. The number of fused-ring (bicyclic) bond motifs is 2. The highest BCUT2D eigenvalue weighted by molar-refractivity contribution is 6.17. The third-order valence-corrected chi connectivity index (χ3v) is 4.23. The van der Waals surface area contributed by atoms with Crippen molar-refractivity contribution in [2.45, 2.75) is 19.4 Å².